The van der Waals surface area contributed by atoms with Crippen LogP contribution in [-0.4, -0.2) is 24.0 Å². The van der Waals surface area contributed by atoms with Crippen LogP contribution in [0.3, 0.4) is 0 Å². The monoisotopic (exact) mass is 346 g/mol. The number of benzene rings is 2. The number of fused-ring (bicyclic) bond motifs is 1. The number of carbonyl (C=O) groups is 1. The number of rotatable bonds is 6. The lowest BCUT2D eigenvalue weighted by atomic mass is 10.1. The fraction of sp³-hybridized carbons (Fsp3) is 0.182. The molecule has 4 heteroatoms. The van der Waals surface area contributed by atoms with Gasteiger partial charge in [0.1, 0.15) is 5.75 Å². The Morgan fingerprint density at radius 2 is 2.04 bits per heavy atom. The summed E-state index contributed by atoms with van der Waals surface area (Å²) in [4.78, 5) is 16.6. The molecule has 0 radical (unpaired) electrons. The minimum Gasteiger partial charge on any atom is -0.497 e. The van der Waals surface area contributed by atoms with Crippen molar-refractivity contribution < 1.29 is 9.53 Å². The Labute approximate surface area is 153 Å². The van der Waals surface area contributed by atoms with Gasteiger partial charge in [-0.05, 0) is 54.8 Å². The predicted molar refractivity (Wildman–Crippen MR) is 105 cm³/mol. The molecule has 0 aliphatic heterocycles. The van der Waals surface area contributed by atoms with Crippen molar-refractivity contribution >= 4 is 22.9 Å². The van der Waals surface area contributed by atoms with Gasteiger partial charge < -0.3 is 10.1 Å². The van der Waals surface area contributed by atoms with Crippen molar-refractivity contribution in [1.29, 1.82) is 0 Å². The molecule has 1 amide bonds. The van der Waals surface area contributed by atoms with E-state index in [1.54, 1.807) is 19.4 Å². The standard InChI is InChI=1S/C22H22N2O2/c1-16(14-17-6-5-7-19(15-17)26-2)24-22(25)11-10-18-12-13-23-21-9-4-3-8-20(18)21/h3-13,15-16H,14H2,1-2H3,(H,24,25)/b11-10+. The smallest absolute Gasteiger partial charge is 0.244 e. The van der Waals surface area contributed by atoms with Crippen LogP contribution < -0.4 is 10.1 Å². The Bertz CT molecular complexity index is 929. The molecule has 0 spiro atoms. The number of methoxy groups -OCH3 is 1. The van der Waals surface area contributed by atoms with Gasteiger partial charge in [-0.2, -0.15) is 0 Å². The van der Waals surface area contributed by atoms with Gasteiger partial charge in [0.25, 0.3) is 0 Å². The molecule has 0 fully saturated rings. The SMILES string of the molecule is COc1cccc(CC(C)NC(=O)/C=C/c2ccnc3ccccc23)c1. The van der Waals surface area contributed by atoms with E-state index in [1.165, 1.54) is 0 Å². The molecular weight excluding hydrogens is 324 g/mol. The zero-order valence-electron chi connectivity index (χ0n) is 15.0. The van der Waals surface area contributed by atoms with Gasteiger partial charge in [-0.25, -0.2) is 0 Å². The van der Waals surface area contributed by atoms with E-state index in [0.717, 1.165) is 34.2 Å². The number of nitrogens with one attached hydrogen (secondary N) is 1. The van der Waals surface area contributed by atoms with Crippen LogP contribution in [0.25, 0.3) is 17.0 Å². The maximum absolute atomic E-state index is 12.2. The average Bonchev–Trinajstić information content (AvgIpc) is 2.66. The molecular formula is C22H22N2O2. The molecule has 0 aliphatic rings. The lowest BCUT2D eigenvalue weighted by Gasteiger charge is -2.13. The number of para-hydroxylation sites is 1. The van der Waals surface area contributed by atoms with E-state index >= 15 is 0 Å². The topological polar surface area (TPSA) is 51.2 Å². The maximum atomic E-state index is 12.2. The highest BCUT2D eigenvalue weighted by atomic mass is 16.5. The molecule has 4 nitrogen and oxygen atoms in total. The predicted octanol–water partition coefficient (Wildman–Crippen LogP) is 4.00. The summed E-state index contributed by atoms with van der Waals surface area (Å²) in [7, 11) is 1.65. The van der Waals surface area contributed by atoms with E-state index < -0.39 is 0 Å². The third-order valence-corrected chi connectivity index (χ3v) is 4.16. The number of amides is 1. The summed E-state index contributed by atoms with van der Waals surface area (Å²) >= 11 is 0. The summed E-state index contributed by atoms with van der Waals surface area (Å²) in [5.41, 5.74) is 3.02. The minimum absolute atomic E-state index is 0.0217. The Balaban J connectivity index is 1.63. The molecule has 1 atom stereocenters. The van der Waals surface area contributed by atoms with E-state index in [4.69, 9.17) is 4.74 Å². The Morgan fingerprint density at radius 3 is 2.88 bits per heavy atom. The van der Waals surface area contributed by atoms with Crippen LogP contribution in [0.1, 0.15) is 18.1 Å². The number of ether oxygens (including phenoxy) is 1. The van der Waals surface area contributed by atoms with Gasteiger partial charge in [0.15, 0.2) is 0 Å². The summed E-state index contributed by atoms with van der Waals surface area (Å²) in [5, 5.41) is 4.03. The highest BCUT2D eigenvalue weighted by molar-refractivity contribution is 5.95. The molecule has 3 aromatic rings. The lowest BCUT2D eigenvalue weighted by Crippen LogP contribution is -2.32. The molecule has 0 aliphatic carbocycles. The first kappa shape index (κ1) is 17.7. The zero-order valence-corrected chi connectivity index (χ0v) is 15.0. The second-order valence-electron chi connectivity index (χ2n) is 6.22. The van der Waals surface area contributed by atoms with Crippen molar-refractivity contribution in [2.24, 2.45) is 0 Å². The fourth-order valence-corrected chi connectivity index (χ4v) is 2.92. The number of hydrogen-bond donors (Lipinski definition) is 1. The summed E-state index contributed by atoms with van der Waals surface area (Å²) < 4.78 is 5.24. The number of carbonyl (C=O) groups excluding carboxylic acids is 1. The van der Waals surface area contributed by atoms with Crippen LogP contribution in [0, 0.1) is 0 Å². The van der Waals surface area contributed by atoms with Crippen molar-refractivity contribution in [3.05, 3.63) is 78.0 Å². The molecule has 0 saturated heterocycles. The number of aromatic nitrogens is 1. The van der Waals surface area contributed by atoms with Crippen LogP contribution in [0.2, 0.25) is 0 Å². The van der Waals surface area contributed by atoms with Crippen LogP contribution >= 0.6 is 0 Å². The number of nitrogens with zero attached hydrogens (tertiary/aromatic N) is 1. The molecule has 1 N–H and O–H groups in total. The average molecular weight is 346 g/mol. The Hall–Kier alpha value is -3.14. The maximum Gasteiger partial charge on any atom is 0.244 e. The Morgan fingerprint density at radius 1 is 1.19 bits per heavy atom. The van der Waals surface area contributed by atoms with E-state index in [0.29, 0.717) is 0 Å². The van der Waals surface area contributed by atoms with Crippen molar-refractivity contribution in [3.8, 4) is 5.75 Å². The number of pyridine rings is 1. The van der Waals surface area contributed by atoms with Crippen molar-refractivity contribution in [2.45, 2.75) is 19.4 Å². The second-order valence-corrected chi connectivity index (χ2v) is 6.22. The third-order valence-electron chi connectivity index (χ3n) is 4.16. The first-order chi connectivity index (χ1) is 12.7. The molecule has 26 heavy (non-hydrogen) atoms. The largest absolute Gasteiger partial charge is 0.497 e. The molecule has 1 aromatic heterocycles. The molecule has 0 saturated carbocycles. The highest BCUT2D eigenvalue weighted by Crippen LogP contribution is 2.17. The lowest BCUT2D eigenvalue weighted by molar-refractivity contribution is -0.117. The number of hydrogen-bond acceptors (Lipinski definition) is 3. The van der Waals surface area contributed by atoms with Gasteiger partial charge in [-0.1, -0.05) is 30.3 Å². The summed E-state index contributed by atoms with van der Waals surface area (Å²) in [6.07, 6.45) is 5.90. The van der Waals surface area contributed by atoms with Crippen molar-refractivity contribution in [3.63, 3.8) is 0 Å². The zero-order chi connectivity index (χ0) is 18.4. The normalized spacial score (nSPS) is 12.2. The van der Waals surface area contributed by atoms with Crippen molar-refractivity contribution in [1.82, 2.24) is 10.3 Å². The molecule has 2 aromatic carbocycles. The first-order valence-corrected chi connectivity index (χ1v) is 8.61. The van der Waals surface area contributed by atoms with E-state index in [9.17, 15) is 4.79 Å². The van der Waals surface area contributed by atoms with Crippen LogP contribution in [-0.2, 0) is 11.2 Å². The summed E-state index contributed by atoms with van der Waals surface area (Å²) in [6.45, 7) is 1.99. The Kier molecular flexibility index (Phi) is 5.64. The van der Waals surface area contributed by atoms with Gasteiger partial charge in [0.05, 0.1) is 12.6 Å². The van der Waals surface area contributed by atoms with Gasteiger partial charge in [-0.15, -0.1) is 0 Å². The van der Waals surface area contributed by atoms with Gasteiger partial charge >= 0.3 is 0 Å². The molecule has 1 heterocycles. The van der Waals surface area contributed by atoms with Gasteiger partial charge in [0, 0.05) is 23.7 Å². The third kappa shape index (κ3) is 4.48. The molecule has 3 rings (SSSR count). The molecule has 132 valence electrons. The minimum atomic E-state index is -0.110. The second kappa shape index (κ2) is 8.30. The molecule has 1 unspecified atom stereocenters. The van der Waals surface area contributed by atoms with E-state index in [2.05, 4.69) is 10.3 Å². The highest BCUT2D eigenvalue weighted by Gasteiger charge is 2.07. The van der Waals surface area contributed by atoms with Gasteiger partial charge in [-0.3, -0.25) is 9.78 Å². The summed E-state index contributed by atoms with van der Waals surface area (Å²) in [5.74, 6) is 0.715. The van der Waals surface area contributed by atoms with Crippen LogP contribution in [0.5, 0.6) is 5.75 Å². The molecule has 0 bridgehead atoms. The summed E-state index contributed by atoms with van der Waals surface area (Å²) in [6, 6.07) is 17.7. The van der Waals surface area contributed by atoms with E-state index in [1.807, 2.05) is 67.6 Å². The van der Waals surface area contributed by atoms with Crippen LogP contribution in [0.15, 0.2) is 66.9 Å². The van der Waals surface area contributed by atoms with Crippen molar-refractivity contribution in [2.75, 3.05) is 7.11 Å². The quantitative estimate of drug-likeness (QED) is 0.686. The van der Waals surface area contributed by atoms with Crippen LogP contribution in [0.4, 0.5) is 0 Å². The first-order valence-electron chi connectivity index (χ1n) is 8.61. The van der Waals surface area contributed by atoms with Gasteiger partial charge in [0.2, 0.25) is 5.91 Å². The van der Waals surface area contributed by atoms with E-state index in [-0.39, 0.29) is 11.9 Å². The fourth-order valence-electron chi connectivity index (χ4n) is 2.92.